The van der Waals surface area contributed by atoms with Crippen LogP contribution in [0.2, 0.25) is 0 Å². The third-order valence-electron chi connectivity index (χ3n) is 1.28. The lowest BCUT2D eigenvalue weighted by molar-refractivity contribution is 0.346. The van der Waals surface area contributed by atoms with Crippen molar-refractivity contribution < 1.29 is 9.47 Å². The monoisotopic (exact) mass is 216 g/mol. The molecular weight excluding hydrogens is 208 g/mol. The molecule has 0 aromatic heterocycles. The van der Waals surface area contributed by atoms with E-state index in [2.05, 4.69) is 15.9 Å². The Bertz CT molecular complexity index is 225. The number of para-hydroxylation sites is 2. The third kappa shape index (κ3) is 2.12. The van der Waals surface area contributed by atoms with Crippen LogP contribution in [0.4, 0.5) is 0 Å². The first-order chi connectivity index (χ1) is 5.38. The van der Waals surface area contributed by atoms with Gasteiger partial charge in [-0.2, -0.15) is 0 Å². The number of alkyl halides is 1. The first-order valence-electron chi connectivity index (χ1n) is 3.20. The quantitative estimate of drug-likeness (QED) is 0.724. The van der Waals surface area contributed by atoms with Crippen molar-refractivity contribution >= 4 is 15.9 Å². The van der Waals surface area contributed by atoms with E-state index in [1.54, 1.807) is 7.11 Å². The topological polar surface area (TPSA) is 18.5 Å². The van der Waals surface area contributed by atoms with Crippen LogP contribution in [0.1, 0.15) is 0 Å². The average Bonchev–Trinajstić information content (AvgIpc) is 2.06. The van der Waals surface area contributed by atoms with Crippen LogP contribution < -0.4 is 9.47 Å². The normalized spacial score (nSPS) is 9.27. The highest BCUT2D eigenvalue weighted by Gasteiger charge is 1.99. The molecule has 0 aliphatic carbocycles. The Morgan fingerprint density at radius 3 is 2.45 bits per heavy atom. The van der Waals surface area contributed by atoms with Gasteiger partial charge in [-0.05, 0) is 28.1 Å². The molecule has 1 rings (SSSR count). The Balaban J connectivity index is 2.83. The van der Waals surface area contributed by atoms with Gasteiger partial charge in [0.1, 0.15) is 5.52 Å². The fourth-order valence-electron chi connectivity index (χ4n) is 0.797. The van der Waals surface area contributed by atoms with Crippen LogP contribution in [0.25, 0.3) is 0 Å². The fraction of sp³-hybridized carbons (Fsp3) is 0.250. The van der Waals surface area contributed by atoms with E-state index in [0.717, 1.165) is 11.5 Å². The Hall–Kier alpha value is -0.700. The number of hydrogen-bond donors (Lipinski definition) is 0. The van der Waals surface area contributed by atoms with E-state index in [0.29, 0.717) is 5.52 Å². The number of hydrogen-bond acceptors (Lipinski definition) is 2. The third-order valence-corrected chi connectivity index (χ3v) is 1.51. The summed E-state index contributed by atoms with van der Waals surface area (Å²) in [5, 5.41) is 0. The van der Waals surface area contributed by atoms with Crippen molar-refractivity contribution in [3.63, 3.8) is 0 Å². The highest BCUT2D eigenvalue weighted by Crippen LogP contribution is 2.25. The molecule has 60 valence electrons. The van der Waals surface area contributed by atoms with Crippen LogP contribution in [0, 0.1) is 0 Å². The molecule has 0 spiro atoms. The summed E-state index contributed by atoms with van der Waals surface area (Å²) in [5.74, 6) is 1.51. The second-order valence-corrected chi connectivity index (χ2v) is 2.36. The SMILES string of the molecule is COc1ccccc1OCBr. The minimum absolute atomic E-state index is 0.480. The van der Waals surface area contributed by atoms with E-state index in [9.17, 15) is 0 Å². The molecule has 0 radical (unpaired) electrons. The molecule has 0 unspecified atom stereocenters. The lowest BCUT2D eigenvalue weighted by Crippen LogP contribution is -1.92. The van der Waals surface area contributed by atoms with Gasteiger partial charge in [0.15, 0.2) is 11.5 Å². The molecule has 0 saturated carbocycles. The van der Waals surface area contributed by atoms with Crippen LogP contribution in [0.15, 0.2) is 24.3 Å². The molecule has 0 aliphatic heterocycles. The summed E-state index contributed by atoms with van der Waals surface area (Å²) in [6.45, 7) is 0. The van der Waals surface area contributed by atoms with Crippen LogP contribution in [-0.2, 0) is 0 Å². The number of methoxy groups -OCH3 is 1. The van der Waals surface area contributed by atoms with Crippen LogP contribution in [-0.4, -0.2) is 12.6 Å². The molecule has 0 aliphatic rings. The first kappa shape index (κ1) is 8.40. The van der Waals surface area contributed by atoms with E-state index in [4.69, 9.17) is 9.47 Å². The maximum atomic E-state index is 5.22. The van der Waals surface area contributed by atoms with Gasteiger partial charge < -0.3 is 9.47 Å². The second kappa shape index (κ2) is 4.23. The van der Waals surface area contributed by atoms with Gasteiger partial charge in [-0.15, -0.1) is 0 Å². The Morgan fingerprint density at radius 1 is 1.27 bits per heavy atom. The smallest absolute Gasteiger partial charge is 0.162 e. The lowest BCUT2D eigenvalue weighted by atomic mass is 10.3. The molecule has 0 heterocycles. The number of halogens is 1. The van der Waals surface area contributed by atoms with E-state index in [-0.39, 0.29) is 0 Å². The van der Waals surface area contributed by atoms with Crippen molar-refractivity contribution in [3.8, 4) is 11.5 Å². The molecule has 0 amide bonds. The zero-order valence-corrected chi connectivity index (χ0v) is 7.80. The molecule has 1 aromatic rings. The summed E-state index contributed by atoms with van der Waals surface area (Å²) in [4.78, 5) is 0. The molecule has 0 fully saturated rings. The summed E-state index contributed by atoms with van der Waals surface area (Å²) in [5.41, 5.74) is 0.480. The average molecular weight is 217 g/mol. The molecule has 0 bridgehead atoms. The Morgan fingerprint density at radius 2 is 1.91 bits per heavy atom. The first-order valence-corrected chi connectivity index (χ1v) is 4.32. The molecule has 2 nitrogen and oxygen atoms in total. The van der Waals surface area contributed by atoms with Crippen LogP contribution in [0.3, 0.4) is 0 Å². The number of benzene rings is 1. The molecule has 3 heteroatoms. The van der Waals surface area contributed by atoms with Gasteiger partial charge in [-0.3, -0.25) is 0 Å². The molecule has 11 heavy (non-hydrogen) atoms. The molecule has 1 aromatic carbocycles. The van der Waals surface area contributed by atoms with Crippen molar-refractivity contribution in [1.29, 1.82) is 0 Å². The van der Waals surface area contributed by atoms with Crippen LogP contribution >= 0.6 is 15.9 Å². The second-order valence-electron chi connectivity index (χ2n) is 1.90. The standard InChI is InChI=1S/C8H9BrO2/c1-10-7-4-2-3-5-8(7)11-6-9/h2-5H,6H2,1H3. The van der Waals surface area contributed by atoms with Gasteiger partial charge in [0.2, 0.25) is 0 Å². The predicted molar refractivity (Wildman–Crippen MR) is 47.4 cm³/mol. The molecule has 0 N–H and O–H groups in total. The summed E-state index contributed by atoms with van der Waals surface area (Å²) >= 11 is 3.17. The van der Waals surface area contributed by atoms with Gasteiger partial charge in [0.25, 0.3) is 0 Å². The highest BCUT2D eigenvalue weighted by atomic mass is 79.9. The van der Waals surface area contributed by atoms with E-state index >= 15 is 0 Å². The zero-order chi connectivity index (χ0) is 8.10. The largest absolute Gasteiger partial charge is 0.493 e. The minimum Gasteiger partial charge on any atom is -0.493 e. The van der Waals surface area contributed by atoms with Gasteiger partial charge in [-0.25, -0.2) is 0 Å². The molecule has 0 saturated heterocycles. The van der Waals surface area contributed by atoms with Crippen molar-refractivity contribution in [2.45, 2.75) is 0 Å². The van der Waals surface area contributed by atoms with Crippen molar-refractivity contribution in [2.24, 2.45) is 0 Å². The summed E-state index contributed by atoms with van der Waals surface area (Å²) in [7, 11) is 1.62. The van der Waals surface area contributed by atoms with Gasteiger partial charge in [-0.1, -0.05) is 12.1 Å². The fourth-order valence-corrected chi connectivity index (χ4v) is 1.04. The summed E-state index contributed by atoms with van der Waals surface area (Å²) < 4.78 is 10.3. The van der Waals surface area contributed by atoms with E-state index in [1.165, 1.54) is 0 Å². The summed E-state index contributed by atoms with van der Waals surface area (Å²) in [6, 6.07) is 7.53. The molecule has 0 atom stereocenters. The van der Waals surface area contributed by atoms with Crippen LogP contribution in [0.5, 0.6) is 11.5 Å². The van der Waals surface area contributed by atoms with Gasteiger partial charge in [0.05, 0.1) is 7.11 Å². The summed E-state index contributed by atoms with van der Waals surface area (Å²) in [6.07, 6.45) is 0. The zero-order valence-electron chi connectivity index (χ0n) is 6.21. The number of ether oxygens (including phenoxy) is 2. The van der Waals surface area contributed by atoms with Crippen molar-refractivity contribution in [1.82, 2.24) is 0 Å². The Labute approximate surface area is 74.3 Å². The van der Waals surface area contributed by atoms with E-state index < -0.39 is 0 Å². The number of rotatable bonds is 3. The molecular formula is C8H9BrO2. The maximum absolute atomic E-state index is 5.22. The predicted octanol–water partition coefficient (Wildman–Crippen LogP) is 2.43. The lowest BCUT2D eigenvalue weighted by Gasteiger charge is -2.06. The minimum atomic E-state index is 0.480. The van der Waals surface area contributed by atoms with Gasteiger partial charge in [0, 0.05) is 0 Å². The van der Waals surface area contributed by atoms with Gasteiger partial charge >= 0.3 is 0 Å². The Kier molecular flexibility index (Phi) is 3.23. The highest BCUT2D eigenvalue weighted by molar-refractivity contribution is 9.09. The van der Waals surface area contributed by atoms with E-state index in [1.807, 2.05) is 24.3 Å². The maximum Gasteiger partial charge on any atom is 0.162 e. The van der Waals surface area contributed by atoms with Crippen molar-refractivity contribution in [2.75, 3.05) is 12.6 Å². The van der Waals surface area contributed by atoms with Crippen molar-refractivity contribution in [3.05, 3.63) is 24.3 Å².